The van der Waals surface area contributed by atoms with Crippen LogP contribution in [0, 0.1) is 0 Å². The van der Waals surface area contributed by atoms with Crippen LogP contribution in [0.4, 0.5) is 0 Å². The van der Waals surface area contributed by atoms with Gasteiger partial charge in [-0.2, -0.15) is 0 Å². The van der Waals surface area contributed by atoms with Gasteiger partial charge in [0.25, 0.3) is 5.91 Å². The van der Waals surface area contributed by atoms with Crippen LogP contribution in [0.1, 0.15) is 27.0 Å². The van der Waals surface area contributed by atoms with Crippen molar-refractivity contribution in [3.05, 3.63) is 76.9 Å². The van der Waals surface area contributed by atoms with Gasteiger partial charge in [-0.25, -0.2) is 5.48 Å². The fourth-order valence-corrected chi connectivity index (χ4v) is 2.77. The average molecular weight is 322 g/mol. The van der Waals surface area contributed by atoms with Crippen LogP contribution in [-0.2, 0) is 17.8 Å². The Bertz CT molecular complexity index is 781. The van der Waals surface area contributed by atoms with E-state index in [4.69, 9.17) is 5.21 Å². The third-order valence-electron chi connectivity index (χ3n) is 4.14. The molecular weight excluding hydrogens is 304 g/mol. The van der Waals surface area contributed by atoms with Gasteiger partial charge in [0, 0.05) is 24.7 Å². The van der Waals surface area contributed by atoms with Gasteiger partial charge >= 0.3 is 0 Å². The molecule has 1 aliphatic heterocycles. The fraction of sp³-hybridized carbons (Fsp3) is 0.158. The van der Waals surface area contributed by atoms with Gasteiger partial charge in [-0.15, -0.1) is 0 Å². The Morgan fingerprint density at radius 3 is 2.46 bits per heavy atom. The quantitative estimate of drug-likeness (QED) is 0.518. The normalized spacial score (nSPS) is 13.6. The van der Waals surface area contributed by atoms with E-state index in [9.17, 15) is 9.59 Å². The molecule has 0 bridgehead atoms. The molecule has 0 spiro atoms. The Balaban J connectivity index is 1.65. The monoisotopic (exact) mass is 322 g/mol. The summed E-state index contributed by atoms with van der Waals surface area (Å²) >= 11 is 0. The summed E-state index contributed by atoms with van der Waals surface area (Å²) in [5.41, 5.74) is 5.26. The smallest absolute Gasteiger partial charge is 0.274 e. The highest BCUT2D eigenvalue weighted by Gasteiger charge is 2.18. The Labute approximate surface area is 140 Å². The molecule has 0 atom stereocenters. The molecule has 1 aliphatic rings. The van der Waals surface area contributed by atoms with Crippen LogP contribution in [-0.4, -0.2) is 28.5 Å². The molecule has 1 heterocycles. The van der Waals surface area contributed by atoms with Crippen molar-refractivity contribution in [3.63, 3.8) is 0 Å². The van der Waals surface area contributed by atoms with Gasteiger partial charge in [0.2, 0.25) is 5.91 Å². The first-order valence-electron chi connectivity index (χ1n) is 7.75. The van der Waals surface area contributed by atoms with E-state index in [0.717, 1.165) is 18.5 Å². The van der Waals surface area contributed by atoms with Crippen molar-refractivity contribution < 1.29 is 14.8 Å². The molecule has 0 radical (unpaired) electrons. The van der Waals surface area contributed by atoms with Gasteiger partial charge in [0.15, 0.2) is 0 Å². The minimum atomic E-state index is -0.561. The molecule has 0 fully saturated rings. The molecule has 0 unspecified atom stereocenters. The molecule has 2 N–H and O–H groups in total. The van der Waals surface area contributed by atoms with Crippen LogP contribution in [0.15, 0.2) is 54.6 Å². The number of hydrogen-bond donors (Lipinski definition) is 2. The number of rotatable bonds is 3. The lowest BCUT2D eigenvalue weighted by atomic mass is 10.00. The summed E-state index contributed by atoms with van der Waals surface area (Å²) in [6.45, 7) is 1.35. The predicted molar refractivity (Wildman–Crippen MR) is 90.3 cm³/mol. The van der Waals surface area contributed by atoms with E-state index >= 15 is 0 Å². The molecule has 24 heavy (non-hydrogen) atoms. The second kappa shape index (κ2) is 7.10. The van der Waals surface area contributed by atoms with Crippen LogP contribution in [0.5, 0.6) is 0 Å². The topological polar surface area (TPSA) is 69.6 Å². The first-order valence-corrected chi connectivity index (χ1v) is 7.75. The molecule has 3 rings (SSSR count). The van der Waals surface area contributed by atoms with E-state index < -0.39 is 5.91 Å². The van der Waals surface area contributed by atoms with Gasteiger partial charge in [-0.1, -0.05) is 36.4 Å². The first-order chi connectivity index (χ1) is 11.7. The summed E-state index contributed by atoms with van der Waals surface area (Å²) in [5, 5.41) is 8.58. The van der Waals surface area contributed by atoms with Crippen molar-refractivity contribution in [2.24, 2.45) is 0 Å². The van der Waals surface area contributed by atoms with E-state index in [1.165, 1.54) is 11.1 Å². The maximum Gasteiger partial charge on any atom is 0.274 e. The van der Waals surface area contributed by atoms with Crippen LogP contribution in [0.2, 0.25) is 0 Å². The summed E-state index contributed by atoms with van der Waals surface area (Å²) in [6.07, 6.45) is 4.15. The van der Waals surface area contributed by atoms with Gasteiger partial charge in [0.1, 0.15) is 0 Å². The number of fused-ring (bicyclic) bond motifs is 1. The van der Waals surface area contributed by atoms with Gasteiger partial charge < -0.3 is 4.90 Å². The molecule has 0 saturated carbocycles. The first kappa shape index (κ1) is 16.0. The van der Waals surface area contributed by atoms with Crippen molar-refractivity contribution in [1.82, 2.24) is 10.4 Å². The number of carbonyl (C=O) groups excluding carboxylic acids is 2. The standard InChI is InChI=1S/C19H18N2O3/c22-18(21-12-11-15-3-1-2-4-17(15)13-21)10-7-14-5-8-16(9-6-14)19(23)20-24/h1-10,24H,11-13H2,(H,20,23). The minimum Gasteiger partial charge on any atom is -0.334 e. The molecule has 0 saturated heterocycles. The van der Waals surface area contributed by atoms with Gasteiger partial charge in [-0.05, 0) is 41.3 Å². The summed E-state index contributed by atoms with van der Waals surface area (Å²) in [6, 6.07) is 14.8. The van der Waals surface area contributed by atoms with Crippen molar-refractivity contribution in [3.8, 4) is 0 Å². The van der Waals surface area contributed by atoms with E-state index in [-0.39, 0.29) is 5.91 Å². The molecule has 122 valence electrons. The molecular formula is C19H18N2O3. The Morgan fingerprint density at radius 2 is 1.75 bits per heavy atom. The van der Waals surface area contributed by atoms with E-state index in [2.05, 4.69) is 12.1 Å². The highest BCUT2D eigenvalue weighted by molar-refractivity contribution is 5.94. The lowest BCUT2D eigenvalue weighted by molar-refractivity contribution is -0.126. The lowest BCUT2D eigenvalue weighted by Gasteiger charge is -2.27. The number of amides is 2. The van der Waals surface area contributed by atoms with E-state index in [1.807, 2.05) is 17.0 Å². The summed E-state index contributed by atoms with van der Waals surface area (Å²) in [5.74, 6) is -0.588. The van der Waals surface area contributed by atoms with Crippen LogP contribution in [0.25, 0.3) is 6.08 Å². The Kier molecular flexibility index (Phi) is 4.72. The average Bonchev–Trinajstić information content (AvgIpc) is 2.65. The highest BCUT2D eigenvalue weighted by Crippen LogP contribution is 2.18. The molecule has 5 nitrogen and oxygen atoms in total. The molecule has 2 aromatic rings. The van der Waals surface area contributed by atoms with Crippen LogP contribution >= 0.6 is 0 Å². The molecule has 5 heteroatoms. The minimum absolute atomic E-state index is 0.0262. The van der Waals surface area contributed by atoms with Crippen LogP contribution in [0.3, 0.4) is 0 Å². The van der Waals surface area contributed by atoms with E-state index in [1.54, 1.807) is 41.9 Å². The largest absolute Gasteiger partial charge is 0.334 e. The summed E-state index contributed by atoms with van der Waals surface area (Å²) < 4.78 is 0. The Morgan fingerprint density at radius 1 is 1.04 bits per heavy atom. The summed E-state index contributed by atoms with van der Waals surface area (Å²) in [7, 11) is 0. The third-order valence-corrected chi connectivity index (χ3v) is 4.14. The second-order valence-corrected chi connectivity index (χ2v) is 5.67. The number of benzene rings is 2. The third kappa shape index (κ3) is 3.52. The maximum atomic E-state index is 12.3. The second-order valence-electron chi connectivity index (χ2n) is 5.67. The number of nitrogens with zero attached hydrogens (tertiary/aromatic N) is 1. The van der Waals surface area contributed by atoms with Gasteiger partial charge in [0.05, 0.1) is 0 Å². The molecule has 2 aromatic carbocycles. The zero-order chi connectivity index (χ0) is 16.9. The molecule has 0 aromatic heterocycles. The predicted octanol–water partition coefficient (Wildman–Crippen LogP) is 2.40. The summed E-state index contributed by atoms with van der Waals surface area (Å²) in [4.78, 5) is 25.4. The van der Waals surface area contributed by atoms with Gasteiger partial charge in [-0.3, -0.25) is 14.8 Å². The number of hydrogen-bond acceptors (Lipinski definition) is 3. The lowest BCUT2D eigenvalue weighted by Crippen LogP contribution is -2.34. The Hall–Kier alpha value is -2.92. The maximum absolute atomic E-state index is 12.3. The van der Waals surface area contributed by atoms with Crippen molar-refractivity contribution >= 4 is 17.9 Å². The molecule has 0 aliphatic carbocycles. The van der Waals surface area contributed by atoms with Crippen LogP contribution < -0.4 is 5.48 Å². The van der Waals surface area contributed by atoms with Crippen molar-refractivity contribution in [2.75, 3.05) is 6.54 Å². The van der Waals surface area contributed by atoms with E-state index in [0.29, 0.717) is 12.1 Å². The molecule has 2 amide bonds. The number of hydroxylamine groups is 1. The fourth-order valence-electron chi connectivity index (χ4n) is 2.77. The number of carbonyl (C=O) groups is 2. The zero-order valence-corrected chi connectivity index (χ0v) is 13.1. The van der Waals surface area contributed by atoms with Crippen molar-refractivity contribution in [1.29, 1.82) is 0 Å². The SMILES string of the molecule is O=C(NO)c1ccc(C=CC(=O)N2CCc3ccccc3C2)cc1. The van der Waals surface area contributed by atoms with Crippen molar-refractivity contribution in [2.45, 2.75) is 13.0 Å². The highest BCUT2D eigenvalue weighted by atomic mass is 16.5. The zero-order valence-electron chi connectivity index (χ0n) is 13.1. The number of nitrogens with one attached hydrogen (secondary N) is 1.